The monoisotopic (exact) mass is 470 g/mol. The van der Waals surface area contributed by atoms with Crippen LogP contribution in [-0.2, 0) is 23.9 Å². The second-order valence-electron chi connectivity index (χ2n) is 9.28. The lowest BCUT2D eigenvalue weighted by atomic mass is 9.53. The van der Waals surface area contributed by atoms with Crippen LogP contribution < -0.4 is 5.73 Å². The van der Waals surface area contributed by atoms with Crippen LogP contribution >= 0.6 is 0 Å². The number of rotatable bonds is 2. The summed E-state index contributed by atoms with van der Waals surface area (Å²) < 4.78 is 5.59. The first kappa shape index (κ1) is 22.1. The summed E-state index contributed by atoms with van der Waals surface area (Å²) in [5.41, 5.74) is 1.43. The van der Waals surface area contributed by atoms with Crippen molar-refractivity contribution in [2.45, 2.75) is 30.1 Å². The molecule has 11 heteroatoms. The van der Waals surface area contributed by atoms with Crippen molar-refractivity contribution < 1.29 is 44.3 Å². The molecule has 4 aliphatic rings. The van der Waals surface area contributed by atoms with Crippen molar-refractivity contribution >= 4 is 29.2 Å². The second-order valence-corrected chi connectivity index (χ2v) is 9.28. The number of phenolic OH excluding ortho intramolecular Hbond substituents is 1. The topological polar surface area (TPSA) is 188 Å². The summed E-state index contributed by atoms with van der Waals surface area (Å²) in [6, 6.07) is 3.07. The number of hydrogen-bond donors (Lipinski definition) is 5. The smallest absolute Gasteiger partial charge is 0.306 e. The normalized spacial score (nSPS) is 34.5. The largest absolute Gasteiger partial charge is 0.508 e. The van der Waals surface area contributed by atoms with Crippen LogP contribution in [0.4, 0.5) is 0 Å². The van der Waals surface area contributed by atoms with Gasteiger partial charge >= 0.3 is 5.97 Å². The zero-order valence-electron chi connectivity index (χ0n) is 18.2. The molecule has 1 saturated heterocycles. The van der Waals surface area contributed by atoms with Gasteiger partial charge in [0, 0.05) is 17.4 Å². The van der Waals surface area contributed by atoms with E-state index in [4.69, 9.17) is 10.5 Å². The minimum Gasteiger partial charge on any atom is -0.508 e. The number of esters is 1. The number of carbonyl (C=O) groups is 4. The molecule has 3 aliphatic carbocycles. The summed E-state index contributed by atoms with van der Waals surface area (Å²) in [5.74, 6) is -9.55. The van der Waals surface area contributed by atoms with Gasteiger partial charge in [0.05, 0.1) is 23.9 Å². The number of ketones is 2. The predicted octanol–water partition coefficient (Wildman–Crippen LogP) is -0.569. The highest BCUT2D eigenvalue weighted by Crippen LogP contribution is 2.59. The van der Waals surface area contributed by atoms with Gasteiger partial charge in [0.2, 0.25) is 5.78 Å². The lowest BCUT2D eigenvalue weighted by Crippen LogP contribution is -2.71. The number of carbonyl (C=O) groups excluding carboxylic acids is 4. The molecule has 178 valence electrons. The summed E-state index contributed by atoms with van der Waals surface area (Å²) in [4.78, 5) is 53.1. The molecule has 34 heavy (non-hydrogen) atoms. The standard InChI is InChI=1S/C23H22N2O9/c1-25(2)16-15-19-12-8(6-10(27)34-19)7-4-3-5-9(26)11(7)17(28)13(12)20(30)23(15,33)21(31)14(18(16)29)22(24)32/h3-5,8,12,15-16,19,26,28,31,33H,6H2,1-2H3,(H2,24,32)/t8-,12+,15+,16-,19-,23-/m0/s1. The number of phenols is 1. The van der Waals surface area contributed by atoms with E-state index in [9.17, 15) is 39.6 Å². The predicted molar refractivity (Wildman–Crippen MR) is 113 cm³/mol. The van der Waals surface area contributed by atoms with Crippen LogP contribution in [0.25, 0.3) is 5.76 Å². The van der Waals surface area contributed by atoms with Crippen LogP contribution in [0.5, 0.6) is 5.75 Å². The van der Waals surface area contributed by atoms with Crippen LogP contribution in [0.1, 0.15) is 23.5 Å². The molecule has 0 spiro atoms. The summed E-state index contributed by atoms with van der Waals surface area (Å²) >= 11 is 0. The number of aliphatic hydroxyl groups is 3. The van der Waals surface area contributed by atoms with Gasteiger partial charge in [-0.1, -0.05) is 12.1 Å². The molecule has 1 aromatic rings. The number of likely N-dealkylation sites (N-methyl/N-ethyl adjacent to an activating group) is 1. The lowest BCUT2D eigenvalue weighted by Gasteiger charge is -2.56. The fourth-order valence-electron chi connectivity index (χ4n) is 6.13. The van der Waals surface area contributed by atoms with Gasteiger partial charge in [0.1, 0.15) is 28.9 Å². The molecule has 11 nitrogen and oxygen atoms in total. The van der Waals surface area contributed by atoms with E-state index in [0.29, 0.717) is 5.56 Å². The number of nitrogens with two attached hydrogens (primary N) is 1. The van der Waals surface area contributed by atoms with Crippen LogP contribution in [0.15, 0.2) is 35.1 Å². The van der Waals surface area contributed by atoms with E-state index in [1.165, 1.54) is 31.1 Å². The van der Waals surface area contributed by atoms with E-state index in [2.05, 4.69) is 0 Å². The molecule has 0 unspecified atom stereocenters. The van der Waals surface area contributed by atoms with Gasteiger partial charge in [-0.05, 0) is 25.7 Å². The van der Waals surface area contributed by atoms with E-state index in [-0.39, 0.29) is 23.3 Å². The average Bonchev–Trinajstić information content (AvgIpc) is 2.74. The van der Waals surface area contributed by atoms with E-state index >= 15 is 0 Å². The molecular formula is C23H22N2O9. The van der Waals surface area contributed by atoms with Crippen molar-refractivity contribution in [3.05, 3.63) is 46.2 Å². The van der Waals surface area contributed by atoms with Gasteiger partial charge in [-0.15, -0.1) is 0 Å². The zero-order valence-corrected chi connectivity index (χ0v) is 18.2. The Morgan fingerprint density at radius 3 is 2.47 bits per heavy atom. The number of fused-ring (bicyclic) bond motifs is 4. The molecule has 1 saturated carbocycles. The summed E-state index contributed by atoms with van der Waals surface area (Å²) in [6.45, 7) is 0. The van der Waals surface area contributed by atoms with Crippen LogP contribution in [-0.4, -0.2) is 80.6 Å². The Morgan fingerprint density at radius 1 is 1.18 bits per heavy atom. The van der Waals surface area contributed by atoms with Crippen molar-refractivity contribution in [1.82, 2.24) is 4.90 Å². The number of aliphatic hydroxyl groups excluding tert-OH is 2. The molecule has 6 atom stereocenters. The highest BCUT2D eigenvalue weighted by molar-refractivity contribution is 6.24. The molecule has 1 aromatic carbocycles. The maximum Gasteiger partial charge on any atom is 0.306 e. The van der Waals surface area contributed by atoms with Crippen LogP contribution in [0, 0.1) is 11.8 Å². The Labute approximate surface area is 192 Å². The third-order valence-electron chi connectivity index (χ3n) is 7.42. The van der Waals surface area contributed by atoms with Gasteiger partial charge in [-0.2, -0.15) is 0 Å². The summed E-state index contributed by atoms with van der Waals surface area (Å²) in [7, 11) is 2.93. The van der Waals surface area contributed by atoms with E-state index in [1.807, 2.05) is 0 Å². The quantitative estimate of drug-likeness (QED) is 0.277. The number of amides is 1. The minimum atomic E-state index is -2.90. The average molecular weight is 470 g/mol. The molecule has 1 aliphatic heterocycles. The van der Waals surface area contributed by atoms with Crippen molar-refractivity contribution in [3.8, 4) is 5.75 Å². The van der Waals surface area contributed by atoms with Crippen molar-refractivity contribution in [2.24, 2.45) is 17.6 Å². The SMILES string of the molecule is CN(C)[C@@H]1C(=O)C(C(N)=O)=C(O)[C@@]2(O)C(=O)C3=C(O)c4c(O)cccc4[C@@H]4CC(=O)O[C@@H]([C@@H]34)[C@@H]12. The second kappa shape index (κ2) is 6.90. The van der Waals surface area contributed by atoms with Crippen molar-refractivity contribution in [1.29, 1.82) is 0 Å². The summed E-state index contributed by atoms with van der Waals surface area (Å²) in [6.07, 6.45) is -1.50. The van der Waals surface area contributed by atoms with Crippen LogP contribution in [0.2, 0.25) is 0 Å². The lowest BCUT2D eigenvalue weighted by molar-refractivity contribution is -0.193. The molecule has 5 rings (SSSR count). The van der Waals surface area contributed by atoms with E-state index in [0.717, 1.165) is 0 Å². The number of ether oxygens (including phenoxy) is 1. The highest BCUT2D eigenvalue weighted by Gasteiger charge is 2.70. The Kier molecular flexibility index (Phi) is 4.49. The number of aromatic hydroxyl groups is 1. The van der Waals surface area contributed by atoms with Crippen LogP contribution in [0.3, 0.4) is 0 Å². The Balaban J connectivity index is 1.87. The Hall–Kier alpha value is -3.70. The van der Waals surface area contributed by atoms with E-state index < -0.39 is 76.0 Å². The zero-order chi connectivity index (χ0) is 24.9. The first-order valence-corrected chi connectivity index (χ1v) is 10.6. The molecule has 2 fully saturated rings. The molecule has 0 aromatic heterocycles. The fraction of sp³-hybridized carbons (Fsp3) is 0.391. The third kappa shape index (κ3) is 2.48. The van der Waals surface area contributed by atoms with E-state index in [1.54, 1.807) is 6.07 Å². The fourth-order valence-corrected chi connectivity index (χ4v) is 6.13. The number of hydrogen-bond acceptors (Lipinski definition) is 10. The van der Waals surface area contributed by atoms with Gasteiger partial charge in [-0.25, -0.2) is 0 Å². The molecule has 1 amide bonds. The molecular weight excluding hydrogens is 448 g/mol. The maximum atomic E-state index is 13.8. The van der Waals surface area contributed by atoms with Gasteiger partial charge < -0.3 is 30.9 Å². The molecule has 6 N–H and O–H groups in total. The van der Waals surface area contributed by atoms with Crippen molar-refractivity contribution in [3.63, 3.8) is 0 Å². The highest BCUT2D eigenvalue weighted by atomic mass is 16.5. The van der Waals surface area contributed by atoms with Gasteiger partial charge in [-0.3, -0.25) is 24.1 Å². The number of primary amides is 1. The maximum absolute atomic E-state index is 13.8. The molecule has 0 bridgehead atoms. The Morgan fingerprint density at radius 2 is 1.85 bits per heavy atom. The number of Topliss-reactive ketones (excluding diaryl/α,β-unsaturated/α-hetero) is 2. The molecule has 1 heterocycles. The first-order chi connectivity index (χ1) is 15.9. The first-order valence-electron chi connectivity index (χ1n) is 10.6. The van der Waals surface area contributed by atoms with Gasteiger partial charge in [0.15, 0.2) is 11.4 Å². The third-order valence-corrected chi connectivity index (χ3v) is 7.42. The van der Waals surface area contributed by atoms with Gasteiger partial charge in [0.25, 0.3) is 5.91 Å². The minimum absolute atomic E-state index is 0.0720. The number of benzene rings is 1. The molecule has 0 radical (unpaired) electrons. The number of nitrogens with zero attached hydrogens (tertiary/aromatic N) is 1. The van der Waals surface area contributed by atoms with Crippen molar-refractivity contribution in [2.75, 3.05) is 14.1 Å². The Bertz CT molecular complexity index is 1260. The summed E-state index contributed by atoms with van der Waals surface area (Å²) in [5, 5.41) is 44.1.